The molecule has 0 saturated carbocycles. The monoisotopic (exact) mass is 944 g/mol. The number of pyridine rings is 3. The lowest BCUT2D eigenvalue weighted by Gasteiger charge is -2.19. The molecule has 3 heterocycles. The highest BCUT2D eigenvalue weighted by Crippen LogP contribution is 2.35. The molecule has 0 N–H and O–H groups in total. The van der Waals surface area contributed by atoms with Gasteiger partial charge in [-0.2, -0.15) is 0 Å². The van der Waals surface area contributed by atoms with Crippen LogP contribution in [0, 0.1) is 69.0 Å². The smallest absolute Gasteiger partial charge is 0.201 e. The topological polar surface area (TPSA) is 11.6 Å². The van der Waals surface area contributed by atoms with E-state index in [9.17, 15) is 0 Å². The van der Waals surface area contributed by atoms with Gasteiger partial charge in [0.1, 0.15) is 21.1 Å². The zero-order valence-electron chi connectivity index (χ0n) is 53.0. The summed E-state index contributed by atoms with van der Waals surface area (Å²) in [5.74, 6) is 0. The van der Waals surface area contributed by atoms with Crippen LogP contribution in [0.3, 0.4) is 0 Å². The fourth-order valence-corrected chi connectivity index (χ4v) is 9.00. The van der Waals surface area contributed by atoms with E-state index in [-0.39, 0.29) is 5.41 Å². The molecule has 0 aliphatic carbocycles. The third-order valence-electron chi connectivity index (χ3n) is 13.3. The van der Waals surface area contributed by atoms with Crippen LogP contribution in [0.4, 0.5) is 0 Å². The second-order valence-electron chi connectivity index (χ2n) is 20.3. The highest BCUT2D eigenvalue weighted by atomic mass is 14.9. The first-order valence-corrected chi connectivity index (χ1v) is 24.4. The molecule has 0 bridgehead atoms. The Bertz CT molecular complexity index is 3680. The summed E-state index contributed by atoms with van der Waals surface area (Å²) in [6.07, 6.45) is 6.11. The van der Waals surface area contributed by atoms with Crippen molar-refractivity contribution in [3.05, 3.63) is 231 Å². The Labute approximate surface area is 439 Å². The van der Waals surface area contributed by atoms with Gasteiger partial charge >= 0.3 is 0 Å². The molecule has 0 fully saturated rings. The second-order valence-corrected chi connectivity index (χ2v) is 20.3. The van der Waals surface area contributed by atoms with Crippen molar-refractivity contribution in [2.75, 3.05) is 0 Å². The second kappa shape index (κ2) is 21.8. The molecule has 0 atom stereocenters. The molecule has 0 unspecified atom stereocenters. The molecule has 3 nitrogen and oxygen atoms in total. The van der Waals surface area contributed by atoms with Crippen molar-refractivity contribution in [1.29, 1.82) is 0 Å². The summed E-state index contributed by atoms with van der Waals surface area (Å²) in [6.45, 7) is 14.2. The lowest BCUT2D eigenvalue weighted by Crippen LogP contribution is -2.30. The molecular formula is C68H76N3+3. The summed E-state index contributed by atoms with van der Waals surface area (Å²) in [7, 11) is 6.04. The van der Waals surface area contributed by atoms with Crippen LogP contribution in [0.25, 0.3) is 67.2 Å². The normalized spacial score (nSPS) is 13.5. The minimum Gasteiger partial charge on any atom is -0.201 e. The molecule has 0 saturated heterocycles. The Morgan fingerprint density at radius 2 is 0.648 bits per heavy atom. The third kappa shape index (κ3) is 12.2. The summed E-state index contributed by atoms with van der Waals surface area (Å²) in [6, 6.07) is 50.2. The first-order chi connectivity index (χ1) is 37.3. The van der Waals surface area contributed by atoms with Gasteiger partial charge in [-0.3, -0.25) is 0 Å². The van der Waals surface area contributed by atoms with Crippen LogP contribution < -0.4 is 13.7 Å². The Morgan fingerprint density at radius 3 is 0.972 bits per heavy atom. The molecule has 360 valence electrons. The number of hydrogen-bond donors (Lipinski definition) is 0. The summed E-state index contributed by atoms with van der Waals surface area (Å²) < 4.78 is 78.2. The van der Waals surface area contributed by atoms with E-state index >= 15 is 0 Å². The molecular weight excluding hydrogens is 859 g/mol. The predicted molar refractivity (Wildman–Crippen MR) is 302 cm³/mol. The lowest BCUT2D eigenvalue weighted by atomic mass is 9.85. The molecule has 0 aliphatic rings. The van der Waals surface area contributed by atoms with E-state index in [2.05, 4.69) is 104 Å². The average Bonchev–Trinajstić information content (AvgIpc) is 3.41. The summed E-state index contributed by atoms with van der Waals surface area (Å²) >= 11 is 0. The maximum atomic E-state index is 8.08. The average molecular weight is 944 g/mol. The van der Waals surface area contributed by atoms with Crippen molar-refractivity contribution >= 4 is 0 Å². The van der Waals surface area contributed by atoms with Crippen LogP contribution in [0.5, 0.6) is 0 Å². The Kier molecular flexibility index (Phi) is 12.4. The van der Waals surface area contributed by atoms with Crippen LogP contribution in [0.15, 0.2) is 170 Å². The fourth-order valence-electron chi connectivity index (χ4n) is 9.00. The highest BCUT2D eigenvalue weighted by Gasteiger charge is 2.19. The van der Waals surface area contributed by atoms with Crippen LogP contribution in [0.1, 0.15) is 94.3 Å². The van der Waals surface area contributed by atoms with Gasteiger partial charge in [0, 0.05) is 65.4 Å². The lowest BCUT2D eigenvalue weighted by molar-refractivity contribution is -0.660. The number of rotatable bonds is 6. The Morgan fingerprint density at radius 1 is 0.324 bits per heavy atom. The molecule has 71 heavy (non-hydrogen) atoms. The first kappa shape index (κ1) is 40.5. The third-order valence-corrected chi connectivity index (χ3v) is 13.3. The number of aryl methyl sites for hydroxylation is 13. The predicted octanol–water partition coefficient (Wildman–Crippen LogP) is 15.9. The molecule has 0 amide bonds. The molecule has 3 heteroatoms. The van der Waals surface area contributed by atoms with E-state index in [1.165, 1.54) is 22.3 Å². The van der Waals surface area contributed by atoms with Gasteiger partial charge in [0.2, 0.25) is 17.1 Å². The summed E-state index contributed by atoms with van der Waals surface area (Å²) in [5, 5.41) is 0. The zero-order chi connectivity index (χ0) is 58.8. The van der Waals surface area contributed by atoms with Crippen molar-refractivity contribution in [2.45, 2.75) is 95.2 Å². The number of nitrogens with zero attached hydrogens (tertiary/aromatic N) is 3. The minimum absolute atomic E-state index is 0.0547. The van der Waals surface area contributed by atoms with Crippen LogP contribution in [-0.2, 0) is 26.6 Å². The Balaban J connectivity index is 0.000000174. The van der Waals surface area contributed by atoms with Crippen molar-refractivity contribution in [3.8, 4) is 67.2 Å². The van der Waals surface area contributed by atoms with E-state index in [0.717, 1.165) is 89.4 Å². The molecule has 0 radical (unpaired) electrons. The maximum Gasteiger partial charge on any atom is 0.212 e. The number of hydrogen-bond acceptors (Lipinski definition) is 0. The molecule has 6 aromatic carbocycles. The first-order valence-electron chi connectivity index (χ1n) is 28.9. The number of benzene rings is 6. The molecule has 3 aromatic heterocycles. The molecule has 0 aliphatic heterocycles. The molecule has 9 aromatic rings. The quantitative estimate of drug-likeness (QED) is 0.147. The fraction of sp³-hybridized carbons (Fsp3) is 0.250. The van der Waals surface area contributed by atoms with E-state index in [1.807, 2.05) is 171 Å². The van der Waals surface area contributed by atoms with Crippen LogP contribution in [-0.4, -0.2) is 0 Å². The van der Waals surface area contributed by atoms with E-state index in [4.69, 9.17) is 12.3 Å². The minimum atomic E-state index is -2.17. The van der Waals surface area contributed by atoms with Gasteiger partial charge in [-0.05, 0) is 182 Å². The molecule has 9 rings (SSSR count). The van der Waals surface area contributed by atoms with Gasteiger partial charge in [0.05, 0.1) is 0 Å². The van der Waals surface area contributed by atoms with E-state index < -0.39 is 20.6 Å². The van der Waals surface area contributed by atoms with Gasteiger partial charge in [-0.1, -0.05) is 123 Å². The SMILES string of the molecule is [2H]C([2H])([2H])c1cc(C)c(-c2cc(C)cc[n+]2C)cc1-c1ccc(C(C)(C)C)cc1.[2H]C([2H])([2H])c1cc(C)c(-c2cc(C)cc[n+]2C)cc1-c1ccc(C)cc1.[2H]C([2H])([2H])c1cc(C)c(-c2cc(C)cc[n+]2C)cc1-c1ccccc1. The Hall–Kier alpha value is -7.23. The van der Waals surface area contributed by atoms with E-state index in [0.29, 0.717) is 16.7 Å². The van der Waals surface area contributed by atoms with Crippen molar-refractivity contribution in [2.24, 2.45) is 21.1 Å². The van der Waals surface area contributed by atoms with Gasteiger partial charge in [0.15, 0.2) is 18.6 Å². The zero-order valence-corrected chi connectivity index (χ0v) is 44.0. The van der Waals surface area contributed by atoms with Crippen molar-refractivity contribution in [1.82, 2.24) is 0 Å². The summed E-state index contributed by atoms with van der Waals surface area (Å²) in [4.78, 5) is 0. The largest absolute Gasteiger partial charge is 0.212 e. The van der Waals surface area contributed by atoms with Crippen molar-refractivity contribution < 1.29 is 26.0 Å². The summed E-state index contributed by atoms with van der Waals surface area (Å²) in [5.41, 5.74) is 21.5. The van der Waals surface area contributed by atoms with Crippen molar-refractivity contribution in [3.63, 3.8) is 0 Å². The standard InChI is InChI=1S/C25H30N.C22H24N.C21H22N/c1-17-12-13-26(7)24(14-17)23-16-22(18(2)15-19(23)3)20-8-10-21(11-9-20)25(4,5)6;1-15-6-8-19(9-7-15)20-14-21(18(4)13-17(20)3)22-12-16(2)10-11-23(22)5;1-15-10-11-22(4)21(12-15)20-14-19(16(2)13-17(20)3)18-8-6-5-7-9-18/h8-16H,1-7H3;6-14H,1-5H3;5-14H,1-4H3/q3*+1/i2D3;3D3;2D3. The molecule has 0 spiro atoms. The highest BCUT2D eigenvalue weighted by molar-refractivity contribution is 5.78. The van der Waals surface area contributed by atoms with Crippen LogP contribution in [0.2, 0.25) is 0 Å². The van der Waals surface area contributed by atoms with Gasteiger partial charge < -0.3 is 0 Å². The maximum absolute atomic E-state index is 8.08. The van der Waals surface area contributed by atoms with Gasteiger partial charge in [0.25, 0.3) is 0 Å². The van der Waals surface area contributed by atoms with Gasteiger partial charge in [-0.15, -0.1) is 0 Å². The van der Waals surface area contributed by atoms with E-state index in [1.54, 1.807) is 0 Å². The van der Waals surface area contributed by atoms with Crippen LogP contribution >= 0.6 is 0 Å². The van der Waals surface area contributed by atoms with Gasteiger partial charge in [-0.25, -0.2) is 13.7 Å². The number of aromatic nitrogens is 3.